The van der Waals surface area contributed by atoms with Crippen molar-refractivity contribution in [2.75, 3.05) is 0 Å². The topological polar surface area (TPSA) is 79.8 Å². The van der Waals surface area contributed by atoms with Gasteiger partial charge in [0.25, 0.3) is 11.8 Å². The Kier molecular flexibility index (Phi) is 9.11. The van der Waals surface area contributed by atoms with Crippen molar-refractivity contribution in [1.29, 1.82) is 0 Å². The van der Waals surface area contributed by atoms with Crippen molar-refractivity contribution in [2.45, 2.75) is 32.9 Å². The predicted molar refractivity (Wildman–Crippen MR) is 153 cm³/mol. The summed E-state index contributed by atoms with van der Waals surface area (Å²) in [7, 11) is 0. The normalized spacial score (nSPS) is 12.0. The van der Waals surface area contributed by atoms with Crippen LogP contribution in [0.1, 0.15) is 41.8 Å². The molecule has 0 saturated heterocycles. The van der Waals surface area contributed by atoms with Gasteiger partial charge in [0.1, 0.15) is 18.4 Å². The number of nitrogens with one attached hydrogen (secondary N) is 2. The van der Waals surface area contributed by atoms with Crippen LogP contribution in [0.5, 0.6) is 5.75 Å². The fourth-order valence-corrected chi connectivity index (χ4v) is 4.18. The number of hydrogen-bond donors (Lipinski definition) is 2. The molecule has 0 radical (unpaired) electrons. The quantitative estimate of drug-likeness (QED) is 0.186. The molecule has 4 rings (SSSR count). The van der Waals surface area contributed by atoms with Gasteiger partial charge in [0, 0.05) is 16.1 Å². The fraction of sp³-hybridized carbons (Fsp3) is 0.194. The summed E-state index contributed by atoms with van der Waals surface area (Å²) in [6, 6.07) is 27.5. The number of hydrogen-bond acceptors (Lipinski definition) is 4. The number of rotatable bonds is 10. The van der Waals surface area contributed by atoms with Crippen molar-refractivity contribution in [3.05, 3.63) is 113 Å². The van der Waals surface area contributed by atoms with Gasteiger partial charge in [0.05, 0.1) is 6.21 Å². The molecule has 4 aromatic rings. The lowest BCUT2D eigenvalue weighted by molar-refractivity contribution is -0.123. The van der Waals surface area contributed by atoms with Crippen molar-refractivity contribution in [3.63, 3.8) is 0 Å². The monoisotopic (exact) mass is 527 g/mol. The van der Waals surface area contributed by atoms with E-state index in [0.29, 0.717) is 29.4 Å². The third kappa shape index (κ3) is 7.20. The van der Waals surface area contributed by atoms with E-state index in [1.54, 1.807) is 30.5 Å². The van der Waals surface area contributed by atoms with Crippen LogP contribution in [0, 0.1) is 5.92 Å². The molecule has 0 aliphatic heterocycles. The van der Waals surface area contributed by atoms with Gasteiger partial charge in [-0.15, -0.1) is 0 Å². The van der Waals surface area contributed by atoms with Crippen LogP contribution in [-0.2, 0) is 11.4 Å². The zero-order chi connectivity index (χ0) is 26.9. The highest BCUT2D eigenvalue weighted by atomic mass is 35.5. The van der Waals surface area contributed by atoms with E-state index in [0.717, 1.165) is 21.9 Å². The summed E-state index contributed by atoms with van der Waals surface area (Å²) in [5, 5.41) is 9.59. The first-order chi connectivity index (χ1) is 18.4. The predicted octanol–water partition coefficient (Wildman–Crippen LogP) is 6.37. The molecular weight excluding hydrogens is 498 g/mol. The third-order valence-corrected chi connectivity index (χ3v) is 6.22. The molecule has 0 aliphatic carbocycles. The Labute approximate surface area is 227 Å². The van der Waals surface area contributed by atoms with Gasteiger partial charge in [-0.25, -0.2) is 5.43 Å². The first-order valence-corrected chi connectivity index (χ1v) is 12.9. The first kappa shape index (κ1) is 26.9. The molecule has 0 fully saturated rings. The molecule has 38 heavy (non-hydrogen) atoms. The average molecular weight is 528 g/mol. The zero-order valence-electron chi connectivity index (χ0n) is 21.4. The Hall–Kier alpha value is -4.16. The lowest BCUT2D eigenvalue weighted by Gasteiger charge is -2.19. The summed E-state index contributed by atoms with van der Waals surface area (Å²) >= 11 is 5.93. The second kappa shape index (κ2) is 12.9. The third-order valence-electron chi connectivity index (χ3n) is 5.97. The summed E-state index contributed by atoms with van der Waals surface area (Å²) in [5.41, 5.74) is 4.83. The Balaban J connectivity index is 1.51. The summed E-state index contributed by atoms with van der Waals surface area (Å²) in [4.78, 5) is 25.8. The standard InChI is InChI=1S/C31H30ClN3O3/c1-21(2)18-28(34-30(36)24-12-15-25(32)16-13-24)31(37)35-33-19-27-26-11-7-6-10-23(26)14-17-29(27)38-20-22-8-4-3-5-9-22/h3-17,19,21,28H,18,20H2,1-2H3,(H,34,36)(H,35,37). The molecule has 1 atom stereocenters. The summed E-state index contributed by atoms with van der Waals surface area (Å²) in [5.74, 6) is 0.0815. The van der Waals surface area contributed by atoms with Crippen molar-refractivity contribution >= 4 is 40.4 Å². The van der Waals surface area contributed by atoms with Gasteiger partial charge in [0.2, 0.25) is 0 Å². The molecule has 7 heteroatoms. The van der Waals surface area contributed by atoms with Crippen LogP contribution < -0.4 is 15.5 Å². The largest absolute Gasteiger partial charge is 0.488 e. The molecule has 0 saturated carbocycles. The molecule has 2 N–H and O–H groups in total. The van der Waals surface area contributed by atoms with Gasteiger partial charge in [-0.2, -0.15) is 5.10 Å². The number of halogens is 1. The second-order valence-corrected chi connectivity index (χ2v) is 9.81. The highest BCUT2D eigenvalue weighted by molar-refractivity contribution is 6.30. The highest BCUT2D eigenvalue weighted by Crippen LogP contribution is 2.27. The molecule has 4 aromatic carbocycles. The van der Waals surface area contributed by atoms with E-state index in [2.05, 4.69) is 15.8 Å². The lowest BCUT2D eigenvalue weighted by atomic mass is 10.0. The van der Waals surface area contributed by atoms with E-state index in [1.807, 2.05) is 80.6 Å². The summed E-state index contributed by atoms with van der Waals surface area (Å²) in [6.45, 7) is 4.38. The number of carbonyl (C=O) groups is 2. The molecule has 194 valence electrons. The minimum absolute atomic E-state index is 0.177. The Morgan fingerprint density at radius 2 is 1.63 bits per heavy atom. The maximum absolute atomic E-state index is 13.1. The number of hydrazone groups is 1. The van der Waals surface area contributed by atoms with E-state index in [9.17, 15) is 9.59 Å². The van der Waals surface area contributed by atoms with E-state index >= 15 is 0 Å². The number of nitrogens with zero attached hydrogens (tertiary/aromatic N) is 1. The molecule has 0 aromatic heterocycles. The van der Waals surface area contributed by atoms with E-state index < -0.39 is 11.9 Å². The van der Waals surface area contributed by atoms with Crippen LogP contribution in [0.15, 0.2) is 96.1 Å². The number of benzene rings is 4. The summed E-state index contributed by atoms with van der Waals surface area (Å²) in [6.07, 6.45) is 2.05. The molecule has 0 bridgehead atoms. The molecule has 0 heterocycles. The Bertz CT molecular complexity index is 1420. The van der Waals surface area contributed by atoms with Crippen LogP contribution in [0.3, 0.4) is 0 Å². The van der Waals surface area contributed by atoms with Gasteiger partial charge in [-0.3, -0.25) is 9.59 Å². The van der Waals surface area contributed by atoms with Crippen LogP contribution in [0.25, 0.3) is 10.8 Å². The van der Waals surface area contributed by atoms with Crippen LogP contribution in [0.2, 0.25) is 5.02 Å². The van der Waals surface area contributed by atoms with Gasteiger partial charge < -0.3 is 10.1 Å². The minimum atomic E-state index is -0.753. The zero-order valence-corrected chi connectivity index (χ0v) is 22.1. The van der Waals surface area contributed by atoms with Gasteiger partial charge in [0.15, 0.2) is 0 Å². The lowest BCUT2D eigenvalue weighted by Crippen LogP contribution is -2.46. The highest BCUT2D eigenvalue weighted by Gasteiger charge is 2.22. The maximum atomic E-state index is 13.1. The molecule has 6 nitrogen and oxygen atoms in total. The smallest absolute Gasteiger partial charge is 0.262 e. The Morgan fingerprint density at radius 1 is 0.921 bits per heavy atom. The molecule has 2 amide bonds. The van der Waals surface area contributed by atoms with Crippen molar-refractivity contribution in [1.82, 2.24) is 10.7 Å². The number of amides is 2. The average Bonchev–Trinajstić information content (AvgIpc) is 2.92. The minimum Gasteiger partial charge on any atom is -0.488 e. The van der Waals surface area contributed by atoms with E-state index in [1.165, 1.54) is 0 Å². The van der Waals surface area contributed by atoms with Gasteiger partial charge in [-0.1, -0.05) is 86.1 Å². The van der Waals surface area contributed by atoms with Crippen molar-refractivity contribution < 1.29 is 14.3 Å². The molecule has 0 aliphatic rings. The molecule has 1 unspecified atom stereocenters. The first-order valence-electron chi connectivity index (χ1n) is 12.5. The van der Waals surface area contributed by atoms with Crippen LogP contribution in [-0.4, -0.2) is 24.1 Å². The van der Waals surface area contributed by atoms with Crippen LogP contribution >= 0.6 is 11.6 Å². The summed E-state index contributed by atoms with van der Waals surface area (Å²) < 4.78 is 6.13. The molecular formula is C31H30ClN3O3. The van der Waals surface area contributed by atoms with Gasteiger partial charge >= 0.3 is 0 Å². The Morgan fingerprint density at radius 3 is 2.37 bits per heavy atom. The van der Waals surface area contributed by atoms with Crippen molar-refractivity contribution in [3.8, 4) is 5.75 Å². The van der Waals surface area contributed by atoms with Crippen LogP contribution in [0.4, 0.5) is 0 Å². The maximum Gasteiger partial charge on any atom is 0.262 e. The SMILES string of the molecule is CC(C)CC(NC(=O)c1ccc(Cl)cc1)C(=O)NN=Cc1c(OCc2ccccc2)ccc2ccccc12. The molecule has 0 spiro atoms. The second-order valence-electron chi connectivity index (χ2n) is 9.37. The van der Waals surface area contributed by atoms with Crippen molar-refractivity contribution in [2.24, 2.45) is 11.0 Å². The number of ether oxygens (including phenoxy) is 1. The fourth-order valence-electron chi connectivity index (χ4n) is 4.05. The van der Waals surface area contributed by atoms with E-state index in [-0.39, 0.29) is 11.8 Å². The number of fused-ring (bicyclic) bond motifs is 1. The van der Waals surface area contributed by atoms with E-state index in [4.69, 9.17) is 16.3 Å². The van der Waals surface area contributed by atoms with Gasteiger partial charge in [-0.05, 0) is 59.0 Å². The number of carbonyl (C=O) groups excluding carboxylic acids is 2.